The van der Waals surface area contributed by atoms with Crippen molar-refractivity contribution in [2.75, 3.05) is 18.9 Å². The first-order chi connectivity index (χ1) is 9.06. The molecule has 19 heavy (non-hydrogen) atoms. The molecule has 0 aliphatic heterocycles. The van der Waals surface area contributed by atoms with E-state index >= 15 is 0 Å². The summed E-state index contributed by atoms with van der Waals surface area (Å²) in [5.41, 5.74) is 0. The molecular formula is C11H12N2O4S2. The van der Waals surface area contributed by atoms with Crippen molar-refractivity contribution in [1.82, 2.24) is 4.98 Å². The molecule has 0 unspecified atom stereocenters. The van der Waals surface area contributed by atoms with Crippen molar-refractivity contribution < 1.29 is 17.9 Å². The highest BCUT2D eigenvalue weighted by molar-refractivity contribution is 7.93. The van der Waals surface area contributed by atoms with Gasteiger partial charge in [0.1, 0.15) is 16.4 Å². The standard InChI is InChI=1S/C11H12N2O4S2/c1-16-8-3-4-9(17-2)10(7-8)19(14,15)13-11-12-5-6-18-11/h3-7H,1-2H3,(H,12,13). The van der Waals surface area contributed by atoms with Crippen LogP contribution >= 0.6 is 11.3 Å². The summed E-state index contributed by atoms with van der Waals surface area (Å²) in [6, 6.07) is 4.56. The fourth-order valence-electron chi connectivity index (χ4n) is 1.44. The number of thiazole rings is 1. The second kappa shape index (κ2) is 5.45. The van der Waals surface area contributed by atoms with Crippen molar-refractivity contribution in [3.63, 3.8) is 0 Å². The second-order valence-corrected chi connectivity index (χ2v) is 6.00. The Morgan fingerprint density at radius 2 is 2.05 bits per heavy atom. The van der Waals surface area contributed by atoms with Gasteiger partial charge < -0.3 is 9.47 Å². The van der Waals surface area contributed by atoms with Gasteiger partial charge in [0.2, 0.25) is 0 Å². The third-order valence-electron chi connectivity index (χ3n) is 2.31. The Bertz CT molecular complexity index is 653. The zero-order valence-electron chi connectivity index (χ0n) is 10.3. The van der Waals surface area contributed by atoms with E-state index in [1.807, 2.05) is 0 Å². The van der Waals surface area contributed by atoms with Gasteiger partial charge in [-0.05, 0) is 12.1 Å². The van der Waals surface area contributed by atoms with Gasteiger partial charge in [0.25, 0.3) is 10.0 Å². The average molecular weight is 300 g/mol. The Balaban J connectivity index is 2.43. The molecule has 0 bridgehead atoms. The molecule has 2 aromatic rings. The van der Waals surface area contributed by atoms with Crippen LogP contribution in [-0.4, -0.2) is 27.6 Å². The lowest BCUT2D eigenvalue weighted by molar-refractivity contribution is 0.392. The molecule has 1 heterocycles. The van der Waals surface area contributed by atoms with Crippen LogP contribution in [0.5, 0.6) is 11.5 Å². The highest BCUT2D eigenvalue weighted by Gasteiger charge is 2.21. The van der Waals surface area contributed by atoms with Gasteiger partial charge in [0.15, 0.2) is 5.13 Å². The van der Waals surface area contributed by atoms with E-state index in [1.54, 1.807) is 11.4 Å². The molecule has 0 saturated carbocycles. The first-order valence-electron chi connectivity index (χ1n) is 5.21. The minimum absolute atomic E-state index is 0.00421. The highest BCUT2D eigenvalue weighted by Crippen LogP contribution is 2.29. The molecule has 0 fully saturated rings. The quantitative estimate of drug-likeness (QED) is 0.913. The Labute approximate surface area is 115 Å². The molecule has 0 atom stereocenters. The third kappa shape index (κ3) is 2.96. The van der Waals surface area contributed by atoms with Crippen LogP contribution in [0, 0.1) is 0 Å². The molecule has 1 aromatic heterocycles. The lowest BCUT2D eigenvalue weighted by atomic mass is 10.3. The molecule has 0 amide bonds. The number of methoxy groups -OCH3 is 2. The van der Waals surface area contributed by atoms with E-state index in [0.29, 0.717) is 10.9 Å². The van der Waals surface area contributed by atoms with Crippen LogP contribution < -0.4 is 14.2 Å². The van der Waals surface area contributed by atoms with E-state index in [-0.39, 0.29) is 10.6 Å². The second-order valence-electron chi connectivity index (χ2n) is 3.46. The number of ether oxygens (including phenoxy) is 2. The summed E-state index contributed by atoms with van der Waals surface area (Å²) in [4.78, 5) is 3.89. The first kappa shape index (κ1) is 13.6. The third-order valence-corrected chi connectivity index (χ3v) is 4.49. The van der Waals surface area contributed by atoms with Crippen molar-refractivity contribution in [3.8, 4) is 11.5 Å². The monoisotopic (exact) mass is 300 g/mol. The summed E-state index contributed by atoms with van der Waals surface area (Å²) in [7, 11) is -0.894. The Hall–Kier alpha value is -1.80. The highest BCUT2D eigenvalue weighted by atomic mass is 32.2. The molecule has 0 aliphatic carbocycles. The van der Waals surface area contributed by atoms with Gasteiger partial charge in [0.05, 0.1) is 14.2 Å². The molecule has 102 valence electrons. The van der Waals surface area contributed by atoms with Gasteiger partial charge in [0, 0.05) is 17.6 Å². The lowest BCUT2D eigenvalue weighted by Gasteiger charge is -2.11. The Morgan fingerprint density at radius 3 is 2.63 bits per heavy atom. The number of rotatable bonds is 5. The largest absolute Gasteiger partial charge is 0.497 e. The normalized spacial score (nSPS) is 11.1. The van der Waals surface area contributed by atoms with Crippen molar-refractivity contribution >= 4 is 26.5 Å². The maximum Gasteiger partial charge on any atom is 0.267 e. The van der Waals surface area contributed by atoms with Gasteiger partial charge in [-0.3, -0.25) is 4.72 Å². The van der Waals surface area contributed by atoms with Crippen molar-refractivity contribution in [2.24, 2.45) is 0 Å². The summed E-state index contributed by atoms with van der Waals surface area (Å²) in [5, 5.41) is 1.98. The predicted molar refractivity (Wildman–Crippen MR) is 72.5 cm³/mol. The van der Waals surface area contributed by atoms with Crippen LogP contribution in [0.2, 0.25) is 0 Å². The first-order valence-corrected chi connectivity index (χ1v) is 7.57. The summed E-state index contributed by atoms with van der Waals surface area (Å²) < 4.78 is 37.0. The molecule has 0 spiro atoms. The summed E-state index contributed by atoms with van der Waals surface area (Å²) in [6.07, 6.45) is 1.52. The van der Waals surface area contributed by atoms with Gasteiger partial charge in [-0.25, -0.2) is 13.4 Å². The molecule has 2 rings (SSSR count). The molecule has 1 aromatic carbocycles. The molecule has 8 heteroatoms. The van der Waals surface area contributed by atoms with Gasteiger partial charge in [-0.1, -0.05) is 0 Å². The SMILES string of the molecule is COc1ccc(OC)c(S(=O)(=O)Nc2nccs2)c1. The Morgan fingerprint density at radius 1 is 1.26 bits per heavy atom. The van der Waals surface area contributed by atoms with Crippen LogP contribution in [0.25, 0.3) is 0 Å². The summed E-state index contributed by atoms with van der Waals surface area (Å²) in [6.45, 7) is 0. The number of anilines is 1. The number of aromatic nitrogens is 1. The predicted octanol–water partition coefficient (Wildman–Crippen LogP) is 1.96. The molecular weight excluding hydrogens is 288 g/mol. The van der Waals surface area contributed by atoms with Crippen LogP contribution in [0.3, 0.4) is 0 Å². The number of sulfonamides is 1. The van der Waals surface area contributed by atoms with E-state index in [4.69, 9.17) is 9.47 Å². The fraction of sp³-hybridized carbons (Fsp3) is 0.182. The van der Waals surface area contributed by atoms with E-state index in [9.17, 15) is 8.42 Å². The van der Waals surface area contributed by atoms with Crippen molar-refractivity contribution in [2.45, 2.75) is 4.90 Å². The molecule has 0 saturated heterocycles. The van der Waals surface area contributed by atoms with Gasteiger partial charge in [-0.15, -0.1) is 11.3 Å². The molecule has 0 aliphatic rings. The van der Waals surface area contributed by atoms with Crippen LogP contribution in [0.1, 0.15) is 0 Å². The summed E-state index contributed by atoms with van der Waals surface area (Å²) >= 11 is 1.19. The van der Waals surface area contributed by atoms with Crippen LogP contribution in [0.4, 0.5) is 5.13 Å². The van der Waals surface area contributed by atoms with E-state index < -0.39 is 10.0 Å². The van der Waals surface area contributed by atoms with E-state index in [1.165, 1.54) is 43.9 Å². The van der Waals surface area contributed by atoms with Gasteiger partial charge in [-0.2, -0.15) is 0 Å². The molecule has 0 radical (unpaired) electrons. The van der Waals surface area contributed by atoms with E-state index in [2.05, 4.69) is 9.71 Å². The minimum atomic E-state index is -3.77. The zero-order valence-corrected chi connectivity index (χ0v) is 11.9. The average Bonchev–Trinajstić information content (AvgIpc) is 2.90. The zero-order chi connectivity index (χ0) is 13.9. The minimum Gasteiger partial charge on any atom is -0.497 e. The smallest absolute Gasteiger partial charge is 0.267 e. The number of hydrogen-bond acceptors (Lipinski definition) is 6. The van der Waals surface area contributed by atoms with Crippen molar-refractivity contribution in [3.05, 3.63) is 29.8 Å². The van der Waals surface area contributed by atoms with Crippen LogP contribution in [-0.2, 0) is 10.0 Å². The van der Waals surface area contributed by atoms with Crippen LogP contribution in [0.15, 0.2) is 34.7 Å². The fourth-order valence-corrected chi connectivity index (χ4v) is 3.41. The summed E-state index contributed by atoms with van der Waals surface area (Å²) in [5.74, 6) is 0.671. The molecule has 6 nitrogen and oxygen atoms in total. The number of nitrogens with zero attached hydrogens (tertiary/aromatic N) is 1. The van der Waals surface area contributed by atoms with E-state index in [0.717, 1.165) is 0 Å². The topological polar surface area (TPSA) is 77.5 Å². The Kier molecular flexibility index (Phi) is 3.91. The lowest BCUT2D eigenvalue weighted by Crippen LogP contribution is -2.14. The molecule has 1 N–H and O–H groups in total. The van der Waals surface area contributed by atoms with Crippen molar-refractivity contribution in [1.29, 1.82) is 0 Å². The van der Waals surface area contributed by atoms with Gasteiger partial charge >= 0.3 is 0 Å². The number of hydrogen-bond donors (Lipinski definition) is 1. The number of benzene rings is 1. The number of nitrogens with one attached hydrogen (secondary N) is 1. The maximum absolute atomic E-state index is 12.3. The maximum atomic E-state index is 12.3.